The van der Waals surface area contributed by atoms with Crippen LogP contribution in [-0.4, -0.2) is 5.87 Å². The maximum atomic E-state index is 5.45. The monoisotopic (exact) mass is 132 g/mol. The van der Waals surface area contributed by atoms with Crippen LogP contribution in [0.4, 0.5) is 11.4 Å². The molecule has 1 aromatic carbocycles. The summed E-state index contributed by atoms with van der Waals surface area (Å²) >= 11 is 0. The van der Waals surface area contributed by atoms with Gasteiger partial charge < -0.3 is 5.73 Å². The van der Waals surface area contributed by atoms with Gasteiger partial charge in [0.05, 0.1) is 5.69 Å². The molecular weight excluding hydrogens is 124 g/mol. The average Bonchev–Trinajstić information content (AvgIpc) is 1.95. The Kier molecular flexibility index (Phi) is 1.88. The van der Waals surface area contributed by atoms with E-state index in [0.717, 1.165) is 11.4 Å². The van der Waals surface area contributed by atoms with Crippen molar-refractivity contribution < 1.29 is 0 Å². The molecule has 0 heterocycles. The highest BCUT2D eigenvalue weighted by Crippen LogP contribution is 2.12. The quantitative estimate of drug-likeness (QED) is 0.459. The molecule has 1 aromatic rings. The summed E-state index contributed by atoms with van der Waals surface area (Å²) in [7, 11) is 0. The van der Waals surface area contributed by atoms with Crippen molar-refractivity contribution in [3.05, 3.63) is 30.8 Å². The van der Waals surface area contributed by atoms with Gasteiger partial charge in [-0.3, -0.25) is 0 Å². The van der Waals surface area contributed by atoms with E-state index in [4.69, 9.17) is 5.73 Å². The molecule has 0 amide bonds. The van der Waals surface area contributed by atoms with Crippen molar-refractivity contribution in [3.8, 4) is 0 Å². The minimum Gasteiger partial charge on any atom is -0.399 e. The van der Waals surface area contributed by atoms with E-state index in [1.807, 2.05) is 12.1 Å². The van der Waals surface area contributed by atoms with Crippen LogP contribution in [0, 0.1) is 0 Å². The average molecular weight is 132 g/mol. The number of hydrogen-bond donors (Lipinski definition) is 1. The van der Waals surface area contributed by atoms with Gasteiger partial charge in [0.15, 0.2) is 0 Å². The molecule has 0 fully saturated rings. The first kappa shape index (κ1) is 6.59. The van der Waals surface area contributed by atoms with Crippen molar-refractivity contribution in [2.45, 2.75) is 0 Å². The van der Waals surface area contributed by atoms with E-state index in [1.54, 1.807) is 12.1 Å². The summed E-state index contributed by atoms with van der Waals surface area (Å²) in [4.78, 5) is 3.83. The van der Waals surface area contributed by atoms with Crippen molar-refractivity contribution >= 4 is 17.2 Å². The van der Waals surface area contributed by atoms with Crippen molar-refractivity contribution in [2.24, 2.45) is 4.99 Å². The molecule has 0 saturated carbocycles. The molecule has 0 aromatic heterocycles. The Hall–Kier alpha value is -1.53. The van der Waals surface area contributed by atoms with Gasteiger partial charge in [-0.2, -0.15) is 0 Å². The summed E-state index contributed by atoms with van der Waals surface area (Å²) in [6.45, 7) is 3.36. The SMILES string of the molecule is C=C=Nc1ccc(N)cc1. The van der Waals surface area contributed by atoms with Crippen LogP contribution in [-0.2, 0) is 0 Å². The number of aliphatic imine (C=N–C) groups is 1. The van der Waals surface area contributed by atoms with Gasteiger partial charge in [-0.05, 0) is 36.7 Å². The van der Waals surface area contributed by atoms with E-state index >= 15 is 0 Å². The second kappa shape index (κ2) is 2.85. The second-order valence-electron chi connectivity index (χ2n) is 1.86. The third-order valence-corrected chi connectivity index (χ3v) is 1.10. The molecule has 0 saturated heterocycles. The molecule has 1 rings (SSSR count). The second-order valence-corrected chi connectivity index (χ2v) is 1.86. The van der Waals surface area contributed by atoms with E-state index in [-0.39, 0.29) is 0 Å². The highest BCUT2D eigenvalue weighted by atomic mass is 14.7. The van der Waals surface area contributed by atoms with E-state index in [2.05, 4.69) is 17.4 Å². The third-order valence-electron chi connectivity index (χ3n) is 1.10. The lowest BCUT2D eigenvalue weighted by molar-refractivity contribution is 1.55. The van der Waals surface area contributed by atoms with Crippen LogP contribution < -0.4 is 5.73 Å². The van der Waals surface area contributed by atoms with E-state index in [9.17, 15) is 0 Å². The Labute approximate surface area is 59.7 Å². The summed E-state index contributed by atoms with van der Waals surface area (Å²) in [5.41, 5.74) is 7.01. The molecule has 0 bridgehead atoms. The molecule has 10 heavy (non-hydrogen) atoms. The molecule has 2 N–H and O–H groups in total. The number of nitrogen functional groups attached to an aromatic ring is 1. The minimum atomic E-state index is 0.739. The van der Waals surface area contributed by atoms with E-state index < -0.39 is 0 Å². The molecule has 50 valence electrons. The number of benzene rings is 1. The maximum Gasteiger partial charge on any atom is 0.0730 e. The van der Waals surface area contributed by atoms with Crippen molar-refractivity contribution in [1.82, 2.24) is 0 Å². The topological polar surface area (TPSA) is 38.4 Å². The Bertz CT molecular complexity index is 255. The normalized spacial score (nSPS) is 8.40. The fourth-order valence-corrected chi connectivity index (χ4v) is 0.640. The predicted octanol–water partition coefficient (Wildman–Crippen LogP) is 1.76. The first-order valence-electron chi connectivity index (χ1n) is 2.91. The zero-order valence-corrected chi connectivity index (χ0v) is 5.54. The van der Waals surface area contributed by atoms with Crippen LogP contribution in [0.1, 0.15) is 0 Å². The molecule has 0 radical (unpaired) electrons. The van der Waals surface area contributed by atoms with Crippen molar-refractivity contribution in [3.63, 3.8) is 0 Å². The first-order valence-corrected chi connectivity index (χ1v) is 2.91. The molecular formula is C8H8N2. The van der Waals surface area contributed by atoms with Crippen LogP contribution in [0.5, 0.6) is 0 Å². The fraction of sp³-hybridized carbons (Fsp3) is 0. The summed E-state index contributed by atoms with van der Waals surface area (Å²) in [6, 6.07) is 7.20. The smallest absolute Gasteiger partial charge is 0.0730 e. The maximum absolute atomic E-state index is 5.45. The lowest BCUT2D eigenvalue weighted by Crippen LogP contribution is -1.80. The molecule has 0 aliphatic heterocycles. The van der Waals surface area contributed by atoms with Crippen molar-refractivity contribution in [2.75, 3.05) is 5.73 Å². The molecule has 0 unspecified atom stereocenters. The van der Waals surface area contributed by atoms with Gasteiger partial charge >= 0.3 is 0 Å². The Morgan fingerprint density at radius 1 is 1.30 bits per heavy atom. The van der Waals surface area contributed by atoms with Gasteiger partial charge in [-0.25, -0.2) is 4.99 Å². The Morgan fingerprint density at radius 3 is 2.40 bits per heavy atom. The lowest BCUT2D eigenvalue weighted by atomic mass is 10.3. The zero-order chi connectivity index (χ0) is 7.40. The van der Waals surface area contributed by atoms with Gasteiger partial charge in [0.1, 0.15) is 0 Å². The molecule has 0 aliphatic rings. The summed E-state index contributed by atoms with van der Waals surface area (Å²) in [6.07, 6.45) is 0. The van der Waals surface area contributed by atoms with E-state index in [1.165, 1.54) is 0 Å². The van der Waals surface area contributed by atoms with Gasteiger partial charge in [-0.1, -0.05) is 0 Å². The number of rotatable bonds is 1. The molecule has 0 aliphatic carbocycles. The standard InChI is InChI=1S/C8H8N2/c1-2-10-8-5-3-7(9)4-6-8/h3-6H,1,9H2. The zero-order valence-electron chi connectivity index (χ0n) is 5.54. The van der Waals surface area contributed by atoms with Gasteiger partial charge in [0.2, 0.25) is 0 Å². The van der Waals surface area contributed by atoms with Crippen LogP contribution in [0.3, 0.4) is 0 Å². The van der Waals surface area contributed by atoms with Crippen LogP contribution in [0.2, 0.25) is 0 Å². The third kappa shape index (κ3) is 1.47. The summed E-state index contributed by atoms with van der Waals surface area (Å²) in [5.74, 6) is 2.44. The minimum absolute atomic E-state index is 0.739. The Balaban J connectivity index is 3.00. The van der Waals surface area contributed by atoms with E-state index in [0.29, 0.717) is 0 Å². The fourth-order valence-electron chi connectivity index (χ4n) is 0.640. The van der Waals surface area contributed by atoms with Crippen LogP contribution >= 0.6 is 0 Å². The highest BCUT2D eigenvalue weighted by Gasteiger charge is 1.84. The highest BCUT2D eigenvalue weighted by molar-refractivity contribution is 5.57. The van der Waals surface area contributed by atoms with Gasteiger partial charge in [0.25, 0.3) is 0 Å². The predicted molar refractivity (Wildman–Crippen MR) is 43.6 cm³/mol. The summed E-state index contributed by atoms with van der Waals surface area (Å²) in [5, 5.41) is 0. The number of nitrogens with two attached hydrogens (primary N) is 1. The van der Waals surface area contributed by atoms with Crippen LogP contribution in [0.15, 0.2) is 35.8 Å². The molecule has 0 spiro atoms. The number of hydrogen-bond acceptors (Lipinski definition) is 2. The van der Waals surface area contributed by atoms with Gasteiger partial charge in [-0.15, -0.1) is 0 Å². The van der Waals surface area contributed by atoms with Gasteiger partial charge in [0, 0.05) is 5.69 Å². The number of anilines is 1. The lowest BCUT2D eigenvalue weighted by Gasteiger charge is -1.90. The Morgan fingerprint density at radius 2 is 1.90 bits per heavy atom. The largest absolute Gasteiger partial charge is 0.399 e. The van der Waals surface area contributed by atoms with Crippen molar-refractivity contribution in [1.29, 1.82) is 0 Å². The van der Waals surface area contributed by atoms with Crippen LogP contribution in [0.25, 0.3) is 0 Å². The first-order chi connectivity index (χ1) is 4.83. The summed E-state index contributed by atoms with van der Waals surface area (Å²) < 4.78 is 0. The number of nitrogens with zero attached hydrogens (tertiary/aromatic N) is 1. The molecule has 2 heteroatoms. The molecule has 2 nitrogen and oxygen atoms in total. The molecule has 0 atom stereocenters.